The van der Waals surface area contributed by atoms with Crippen LogP contribution in [0, 0.1) is 17.0 Å². The number of rotatable bonds is 2. The molecule has 1 aliphatic heterocycles. The third-order valence-corrected chi connectivity index (χ3v) is 3.60. The van der Waals surface area contributed by atoms with Crippen molar-refractivity contribution < 1.29 is 14.5 Å². The van der Waals surface area contributed by atoms with Gasteiger partial charge >= 0.3 is 0 Å². The fourth-order valence-electron chi connectivity index (χ4n) is 2.47. The molecule has 112 valence electrons. The van der Waals surface area contributed by atoms with E-state index in [1.807, 2.05) is 0 Å². The molecular formula is C15H13N3O4. The molecule has 0 saturated heterocycles. The molecule has 1 aromatic carbocycles. The minimum atomic E-state index is -0.485. The van der Waals surface area contributed by atoms with Gasteiger partial charge in [-0.05, 0) is 13.0 Å². The van der Waals surface area contributed by atoms with E-state index in [1.54, 1.807) is 31.5 Å². The van der Waals surface area contributed by atoms with Gasteiger partial charge in [0.15, 0.2) is 0 Å². The van der Waals surface area contributed by atoms with Gasteiger partial charge in [-0.1, -0.05) is 6.07 Å². The summed E-state index contributed by atoms with van der Waals surface area (Å²) in [7, 11) is 0. The van der Waals surface area contributed by atoms with E-state index < -0.39 is 4.92 Å². The van der Waals surface area contributed by atoms with Crippen molar-refractivity contribution in [3.63, 3.8) is 0 Å². The number of pyridine rings is 1. The molecule has 0 atom stereocenters. The second kappa shape index (κ2) is 5.44. The van der Waals surface area contributed by atoms with Crippen molar-refractivity contribution in [3.05, 3.63) is 57.9 Å². The van der Waals surface area contributed by atoms with Crippen molar-refractivity contribution >= 4 is 17.3 Å². The predicted molar refractivity (Wildman–Crippen MR) is 79.2 cm³/mol. The third kappa shape index (κ3) is 2.26. The van der Waals surface area contributed by atoms with Crippen molar-refractivity contribution in [2.24, 2.45) is 0 Å². The fraction of sp³-hybridized carbons (Fsp3) is 0.200. The number of carbonyl (C=O) groups excluding carboxylic acids is 1. The Morgan fingerprint density at radius 1 is 1.41 bits per heavy atom. The minimum Gasteiger partial charge on any atom is -0.489 e. The van der Waals surface area contributed by atoms with Crippen LogP contribution in [0.5, 0.6) is 5.75 Å². The van der Waals surface area contributed by atoms with E-state index >= 15 is 0 Å². The maximum absolute atomic E-state index is 12.8. The first kappa shape index (κ1) is 14.0. The molecule has 0 unspecified atom stereocenters. The topological polar surface area (TPSA) is 85.6 Å². The highest BCUT2D eigenvalue weighted by Crippen LogP contribution is 2.32. The number of fused-ring (bicyclic) bond motifs is 1. The van der Waals surface area contributed by atoms with E-state index in [1.165, 1.54) is 17.0 Å². The smallest absolute Gasteiger partial charge is 0.273 e. The molecule has 2 heterocycles. The van der Waals surface area contributed by atoms with E-state index in [-0.39, 0.29) is 11.6 Å². The molecule has 0 fully saturated rings. The number of hydrogen-bond donors (Lipinski definition) is 0. The first-order valence-corrected chi connectivity index (χ1v) is 6.72. The van der Waals surface area contributed by atoms with Gasteiger partial charge in [-0.15, -0.1) is 0 Å². The Hall–Kier alpha value is -2.96. The number of benzene rings is 1. The molecule has 22 heavy (non-hydrogen) atoms. The number of nitrogens with zero attached hydrogens (tertiary/aromatic N) is 3. The number of ether oxygens (including phenoxy) is 1. The van der Waals surface area contributed by atoms with Gasteiger partial charge in [-0.3, -0.25) is 19.9 Å². The number of carbonyl (C=O) groups is 1. The lowest BCUT2D eigenvalue weighted by atomic mass is 10.0. The van der Waals surface area contributed by atoms with Crippen LogP contribution < -0.4 is 9.64 Å². The number of aromatic nitrogens is 1. The van der Waals surface area contributed by atoms with Crippen LogP contribution in [0.1, 0.15) is 15.9 Å². The summed E-state index contributed by atoms with van der Waals surface area (Å²) in [6.07, 6.45) is 3.14. The van der Waals surface area contributed by atoms with Gasteiger partial charge in [0, 0.05) is 29.5 Å². The molecule has 0 aliphatic carbocycles. The Morgan fingerprint density at radius 2 is 2.23 bits per heavy atom. The van der Waals surface area contributed by atoms with Gasteiger partial charge in [-0.25, -0.2) is 0 Å². The molecule has 0 N–H and O–H groups in total. The maximum Gasteiger partial charge on any atom is 0.273 e. The second-order valence-electron chi connectivity index (χ2n) is 4.86. The molecule has 1 aliphatic rings. The van der Waals surface area contributed by atoms with Gasteiger partial charge in [-0.2, -0.15) is 0 Å². The van der Waals surface area contributed by atoms with Gasteiger partial charge in [0.1, 0.15) is 18.0 Å². The lowest BCUT2D eigenvalue weighted by molar-refractivity contribution is -0.385. The van der Waals surface area contributed by atoms with E-state index in [9.17, 15) is 14.9 Å². The molecular weight excluding hydrogens is 286 g/mol. The highest BCUT2D eigenvalue weighted by Gasteiger charge is 2.27. The van der Waals surface area contributed by atoms with Gasteiger partial charge < -0.3 is 9.64 Å². The summed E-state index contributed by atoms with van der Waals surface area (Å²) in [6, 6.07) is 6.19. The Bertz CT molecular complexity index is 760. The van der Waals surface area contributed by atoms with Gasteiger partial charge in [0.05, 0.1) is 17.7 Å². The summed E-state index contributed by atoms with van der Waals surface area (Å²) in [5.41, 5.74) is 1.18. The van der Waals surface area contributed by atoms with Crippen molar-refractivity contribution in [2.75, 3.05) is 18.1 Å². The number of hydrogen-bond acceptors (Lipinski definition) is 5. The van der Waals surface area contributed by atoms with Crippen LogP contribution in [0.4, 0.5) is 11.4 Å². The average Bonchev–Trinajstić information content (AvgIpc) is 2.53. The zero-order chi connectivity index (χ0) is 15.7. The molecule has 2 aromatic rings. The Kier molecular flexibility index (Phi) is 3.46. The Morgan fingerprint density at radius 3 is 3.00 bits per heavy atom. The number of anilines is 1. The lowest BCUT2D eigenvalue weighted by Gasteiger charge is -2.29. The van der Waals surface area contributed by atoms with Crippen molar-refractivity contribution in [1.29, 1.82) is 0 Å². The van der Waals surface area contributed by atoms with E-state index in [0.29, 0.717) is 35.7 Å². The molecule has 7 nitrogen and oxygen atoms in total. The summed E-state index contributed by atoms with van der Waals surface area (Å²) in [5.74, 6) is 0.288. The van der Waals surface area contributed by atoms with Crippen LogP contribution in [0.25, 0.3) is 0 Å². The standard InChI is InChI=1S/C15H13N3O4/c1-10-11(3-2-4-12(10)18(20)21)15(19)17-7-8-22-14-5-6-16-9-13(14)17/h2-6,9H,7-8H2,1H3. The summed E-state index contributed by atoms with van der Waals surface area (Å²) in [6.45, 7) is 2.33. The molecule has 0 radical (unpaired) electrons. The molecule has 0 bridgehead atoms. The molecule has 3 rings (SSSR count). The van der Waals surface area contributed by atoms with Crippen LogP contribution in [-0.4, -0.2) is 29.0 Å². The van der Waals surface area contributed by atoms with Gasteiger partial charge in [0.2, 0.25) is 0 Å². The SMILES string of the molecule is Cc1c(C(=O)N2CCOc3ccncc32)cccc1[N+](=O)[O-]. The normalized spacial score (nSPS) is 13.2. The van der Waals surface area contributed by atoms with Crippen molar-refractivity contribution in [3.8, 4) is 5.75 Å². The molecule has 0 spiro atoms. The zero-order valence-electron chi connectivity index (χ0n) is 11.9. The second-order valence-corrected chi connectivity index (χ2v) is 4.86. The number of nitro benzene ring substituents is 1. The molecule has 1 amide bonds. The third-order valence-electron chi connectivity index (χ3n) is 3.60. The molecule has 0 saturated carbocycles. The van der Waals surface area contributed by atoms with Gasteiger partial charge in [0.25, 0.3) is 11.6 Å². The monoisotopic (exact) mass is 299 g/mol. The number of amides is 1. The molecule has 1 aromatic heterocycles. The fourth-order valence-corrected chi connectivity index (χ4v) is 2.47. The summed E-state index contributed by atoms with van der Waals surface area (Å²) in [4.78, 5) is 28.9. The quantitative estimate of drug-likeness (QED) is 0.627. The highest BCUT2D eigenvalue weighted by atomic mass is 16.6. The lowest BCUT2D eigenvalue weighted by Crippen LogP contribution is -2.38. The highest BCUT2D eigenvalue weighted by molar-refractivity contribution is 6.08. The van der Waals surface area contributed by atoms with Crippen LogP contribution in [-0.2, 0) is 0 Å². The number of nitro groups is 1. The largest absolute Gasteiger partial charge is 0.489 e. The first-order chi connectivity index (χ1) is 10.6. The average molecular weight is 299 g/mol. The summed E-state index contributed by atoms with van der Waals surface area (Å²) < 4.78 is 5.49. The molecule has 7 heteroatoms. The first-order valence-electron chi connectivity index (χ1n) is 6.72. The van der Waals surface area contributed by atoms with Crippen LogP contribution in [0.15, 0.2) is 36.7 Å². The van der Waals surface area contributed by atoms with E-state index in [2.05, 4.69) is 4.98 Å². The zero-order valence-corrected chi connectivity index (χ0v) is 11.9. The van der Waals surface area contributed by atoms with Crippen molar-refractivity contribution in [1.82, 2.24) is 4.98 Å². The predicted octanol–water partition coefficient (Wildman–Crippen LogP) is 2.34. The minimum absolute atomic E-state index is 0.0643. The Balaban J connectivity index is 2.03. The summed E-state index contributed by atoms with van der Waals surface area (Å²) in [5, 5.41) is 11.0. The van der Waals surface area contributed by atoms with Crippen LogP contribution in [0.2, 0.25) is 0 Å². The van der Waals surface area contributed by atoms with Crippen molar-refractivity contribution in [2.45, 2.75) is 6.92 Å². The van der Waals surface area contributed by atoms with Crippen LogP contribution >= 0.6 is 0 Å². The van der Waals surface area contributed by atoms with E-state index in [4.69, 9.17) is 4.74 Å². The summed E-state index contributed by atoms with van der Waals surface area (Å²) >= 11 is 0. The Labute approximate surface area is 126 Å². The van der Waals surface area contributed by atoms with E-state index in [0.717, 1.165) is 0 Å². The van der Waals surface area contributed by atoms with Crippen LogP contribution in [0.3, 0.4) is 0 Å². The maximum atomic E-state index is 12.8.